The van der Waals surface area contributed by atoms with E-state index in [1.165, 1.54) is 17.4 Å². The first-order valence-electron chi connectivity index (χ1n) is 4.80. The van der Waals surface area contributed by atoms with Crippen LogP contribution in [0.4, 0.5) is 4.39 Å². The lowest BCUT2D eigenvalue weighted by atomic mass is 10.2. The van der Waals surface area contributed by atoms with Gasteiger partial charge in [0.05, 0.1) is 5.69 Å². The molecule has 16 heavy (non-hydrogen) atoms. The second-order valence-electron chi connectivity index (χ2n) is 3.31. The van der Waals surface area contributed by atoms with Crippen molar-refractivity contribution in [1.82, 2.24) is 4.98 Å². The Balaban J connectivity index is 2.35. The van der Waals surface area contributed by atoms with Crippen molar-refractivity contribution in [3.63, 3.8) is 0 Å². The third-order valence-electron chi connectivity index (χ3n) is 2.11. The van der Waals surface area contributed by atoms with Crippen molar-refractivity contribution in [3.05, 3.63) is 40.1 Å². The lowest BCUT2D eigenvalue weighted by Gasteiger charge is -1.99. The van der Waals surface area contributed by atoms with Crippen molar-refractivity contribution in [3.8, 4) is 10.6 Å². The summed E-state index contributed by atoms with van der Waals surface area (Å²) in [6, 6.07) is 4.59. The fourth-order valence-corrected chi connectivity index (χ4v) is 2.40. The molecule has 0 fully saturated rings. The van der Waals surface area contributed by atoms with E-state index in [-0.39, 0.29) is 5.82 Å². The summed E-state index contributed by atoms with van der Waals surface area (Å²) >= 11 is 7.10. The number of nitrogens with zero attached hydrogens (tertiary/aromatic N) is 1. The maximum Gasteiger partial charge on any atom is 0.134 e. The molecule has 0 spiro atoms. The van der Waals surface area contributed by atoms with Crippen LogP contribution >= 0.6 is 22.9 Å². The van der Waals surface area contributed by atoms with Crippen LogP contribution in [-0.2, 0) is 6.42 Å². The third kappa shape index (κ3) is 2.40. The highest BCUT2D eigenvalue weighted by atomic mass is 35.5. The maximum absolute atomic E-state index is 13.6. The highest BCUT2D eigenvalue weighted by Gasteiger charge is 2.09. The Hall–Kier alpha value is -0.970. The number of aromatic nitrogens is 1. The zero-order valence-corrected chi connectivity index (χ0v) is 9.98. The largest absolute Gasteiger partial charge is 0.330 e. The van der Waals surface area contributed by atoms with E-state index in [1.807, 2.05) is 5.38 Å². The fourth-order valence-electron chi connectivity index (χ4n) is 1.36. The molecule has 0 aliphatic rings. The van der Waals surface area contributed by atoms with Crippen LogP contribution in [0, 0.1) is 5.82 Å². The van der Waals surface area contributed by atoms with Crippen molar-refractivity contribution in [2.45, 2.75) is 6.42 Å². The number of rotatable bonds is 3. The van der Waals surface area contributed by atoms with Gasteiger partial charge in [-0.25, -0.2) is 9.37 Å². The van der Waals surface area contributed by atoms with Crippen LogP contribution in [0.5, 0.6) is 0 Å². The first-order valence-corrected chi connectivity index (χ1v) is 6.06. The smallest absolute Gasteiger partial charge is 0.134 e. The van der Waals surface area contributed by atoms with Gasteiger partial charge in [0.15, 0.2) is 0 Å². The van der Waals surface area contributed by atoms with Gasteiger partial charge in [0.1, 0.15) is 10.8 Å². The van der Waals surface area contributed by atoms with E-state index >= 15 is 0 Å². The van der Waals surface area contributed by atoms with Gasteiger partial charge in [-0.15, -0.1) is 11.3 Å². The predicted molar refractivity (Wildman–Crippen MR) is 65.3 cm³/mol. The minimum atomic E-state index is -0.346. The van der Waals surface area contributed by atoms with Gasteiger partial charge in [-0.2, -0.15) is 0 Å². The molecule has 1 aromatic carbocycles. The molecule has 84 valence electrons. The molecular weight excluding hydrogens is 247 g/mol. The summed E-state index contributed by atoms with van der Waals surface area (Å²) in [4.78, 5) is 4.32. The van der Waals surface area contributed by atoms with Gasteiger partial charge < -0.3 is 5.73 Å². The zero-order chi connectivity index (χ0) is 11.5. The molecule has 2 aromatic rings. The summed E-state index contributed by atoms with van der Waals surface area (Å²) in [6.07, 6.45) is 0.714. The van der Waals surface area contributed by atoms with E-state index < -0.39 is 0 Å². The summed E-state index contributed by atoms with van der Waals surface area (Å²) in [5.74, 6) is -0.346. The van der Waals surface area contributed by atoms with Crippen LogP contribution in [0.15, 0.2) is 23.6 Å². The van der Waals surface area contributed by atoms with Crippen molar-refractivity contribution < 1.29 is 4.39 Å². The summed E-state index contributed by atoms with van der Waals surface area (Å²) in [6.45, 7) is 0.548. The molecule has 1 aromatic heterocycles. The molecule has 0 aliphatic heterocycles. The average molecular weight is 257 g/mol. The quantitative estimate of drug-likeness (QED) is 0.917. The normalized spacial score (nSPS) is 10.7. The van der Waals surface area contributed by atoms with E-state index in [9.17, 15) is 4.39 Å². The summed E-state index contributed by atoms with van der Waals surface area (Å²) in [5, 5.41) is 2.95. The second-order valence-corrected chi connectivity index (χ2v) is 4.60. The molecule has 0 amide bonds. The minimum absolute atomic E-state index is 0.346. The van der Waals surface area contributed by atoms with Crippen LogP contribution in [-0.4, -0.2) is 11.5 Å². The Bertz CT molecular complexity index is 498. The average Bonchev–Trinajstić information content (AvgIpc) is 2.67. The number of hydrogen-bond acceptors (Lipinski definition) is 3. The van der Waals surface area contributed by atoms with Crippen LogP contribution in [0.25, 0.3) is 10.6 Å². The fraction of sp³-hybridized carbons (Fsp3) is 0.182. The van der Waals surface area contributed by atoms with E-state index in [0.29, 0.717) is 28.6 Å². The van der Waals surface area contributed by atoms with Crippen molar-refractivity contribution in [2.75, 3.05) is 6.54 Å². The van der Waals surface area contributed by atoms with Gasteiger partial charge in [-0.3, -0.25) is 0 Å². The summed E-state index contributed by atoms with van der Waals surface area (Å²) in [7, 11) is 0. The number of hydrogen-bond donors (Lipinski definition) is 1. The molecule has 0 unspecified atom stereocenters. The number of thiazole rings is 1. The van der Waals surface area contributed by atoms with Crippen molar-refractivity contribution >= 4 is 22.9 Å². The molecule has 0 radical (unpaired) electrons. The molecule has 0 saturated carbocycles. The number of halogens is 2. The lowest BCUT2D eigenvalue weighted by Crippen LogP contribution is -2.02. The highest BCUT2D eigenvalue weighted by molar-refractivity contribution is 7.13. The first kappa shape index (κ1) is 11.5. The van der Waals surface area contributed by atoms with Gasteiger partial charge >= 0.3 is 0 Å². The molecule has 2 N–H and O–H groups in total. The molecule has 0 saturated heterocycles. The van der Waals surface area contributed by atoms with E-state index in [1.54, 1.807) is 12.1 Å². The number of nitrogens with two attached hydrogens (primary N) is 1. The summed E-state index contributed by atoms with van der Waals surface area (Å²) in [5.41, 5.74) is 6.82. The molecule has 2 nitrogen and oxygen atoms in total. The highest BCUT2D eigenvalue weighted by Crippen LogP contribution is 2.28. The molecular formula is C11H10ClFN2S. The monoisotopic (exact) mass is 256 g/mol. The number of benzene rings is 1. The van der Waals surface area contributed by atoms with Gasteiger partial charge in [0.2, 0.25) is 0 Å². The van der Waals surface area contributed by atoms with Crippen molar-refractivity contribution in [1.29, 1.82) is 0 Å². The Morgan fingerprint density at radius 1 is 1.44 bits per heavy atom. The third-order valence-corrected chi connectivity index (χ3v) is 3.27. The standard InChI is InChI=1S/C11H10ClFN2S/c12-7-1-2-9(10(13)5-7)11-15-8(3-4-14)6-16-11/h1-2,5-6H,3-4,14H2. The Morgan fingerprint density at radius 3 is 2.94 bits per heavy atom. The second kappa shape index (κ2) is 4.91. The minimum Gasteiger partial charge on any atom is -0.330 e. The SMILES string of the molecule is NCCc1csc(-c2ccc(Cl)cc2F)n1. The molecule has 0 bridgehead atoms. The molecule has 1 heterocycles. The Morgan fingerprint density at radius 2 is 2.25 bits per heavy atom. The molecule has 5 heteroatoms. The summed E-state index contributed by atoms with van der Waals surface area (Å²) < 4.78 is 13.6. The predicted octanol–water partition coefficient (Wildman–Crippen LogP) is 3.10. The lowest BCUT2D eigenvalue weighted by molar-refractivity contribution is 0.631. The molecule has 0 atom stereocenters. The van der Waals surface area contributed by atoms with Crippen LogP contribution in [0.1, 0.15) is 5.69 Å². The van der Waals surface area contributed by atoms with Gasteiger partial charge in [0, 0.05) is 22.4 Å². The Labute approximate surface area is 102 Å². The zero-order valence-electron chi connectivity index (χ0n) is 8.41. The Kier molecular flexibility index (Phi) is 3.53. The van der Waals surface area contributed by atoms with Crippen LogP contribution in [0.2, 0.25) is 5.02 Å². The maximum atomic E-state index is 13.6. The van der Waals surface area contributed by atoms with Crippen molar-refractivity contribution in [2.24, 2.45) is 5.73 Å². The van der Waals surface area contributed by atoms with Gasteiger partial charge in [-0.1, -0.05) is 11.6 Å². The molecule has 2 rings (SSSR count). The van der Waals surface area contributed by atoms with Gasteiger partial charge in [0.25, 0.3) is 0 Å². The molecule has 0 aliphatic carbocycles. The van der Waals surface area contributed by atoms with Gasteiger partial charge in [-0.05, 0) is 24.7 Å². The topological polar surface area (TPSA) is 38.9 Å². The van der Waals surface area contributed by atoms with Crippen LogP contribution < -0.4 is 5.73 Å². The van der Waals surface area contributed by atoms with E-state index in [4.69, 9.17) is 17.3 Å². The van der Waals surface area contributed by atoms with Crippen LogP contribution in [0.3, 0.4) is 0 Å². The first-order chi connectivity index (χ1) is 7.70. The van der Waals surface area contributed by atoms with E-state index in [0.717, 1.165) is 5.69 Å². The van der Waals surface area contributed by atoms with E-state index in [2.05, 4.69) is 4.98 Å².